The summed E-state index contributed by atoms with van der Waals surface area (Å²) in [6.45, 7) is 7.13. The van der Waals surface area contributed by atoms with Crippen molar-refractivity contribution in [3.63, 3.8) is 0 Å². The van der Waals surface area contributed by atoms with Crippen LogP contribution in [0, 0.1) is 11.8 Å². The van der Waals surface area contributed by atoms with Crippen molar-refractivity contribution in [2.45, 2.75) is 64.7 Å². The molecule has 0 aliphatic heterocycles. The molecule has 9 nitrogen and oxygen atoms in total. The van der Waals surface area contributed by atoms with E-state index in [9.17, 15) is 24.3 Å². The van der Waals surface area contributed by atoms with Crippen molar-refractivity contribution in [2.75, 3.05) is 12.0 Å². The Hall–Kier alpha value is -2.59. The molecule has 1 rings (SSSR count). The van der Waals surface area contributed by atoms with Crippen molar-refractivity contribution < 1.29 is 24.3 Å². The Morgan fingerprint density at radius 1 is 0.882 bits per heavy atom. The number of hydrogen-bond donors (Lipinski definition) is 5. The van der Waals surface area contributed by atoms with Gasteiger partial charge in [0.1, 0.15) is 18.1 Å². The molecule has 34 heavy (non-hydrogen) atoms. The average molecular weight is 495 g/mol. The molecule has 0 saturated heterocycles. The van der Waals surface area contributed by atoms with Crippen LogP contribution in [0.1, 0.15) is 39.7 Å². The zero-order valence-electron chi connectivity index (χ0n) is 20.5. The fourth-order valence-electron chi connectivity index (χ4n) is 3.18. The van der Waals surface area contributed by atoms with Crippen LogP contribution in [0.3, 0.4) is 0 Å². The molecule has 0 heterocycles. The highest BCUT2D eigenvalue weighted by Gasteiger charge is 2.32. The van der Waals surface area contributed by atoms with Gasteiger partial charge in [-0.05, 0) is 35.8 Å². The highest BCUT2D eigenvalue weighted by Crippen LogP contribution is 2.09. The van der Waals surface area contributed by atoms with Gasteiger partial charge in [0.2, 0.25) is 17.7 Å². The van der Waals surface area contributed by atoms with Crippen molar-refractivity contribution in [3.8, 4) is 0 Å². The molecule has 190 valence electrons. The van der Waals surface area contributed by atoms with Gasteiger partial charge in [-0.2, -0.15) is 11.8 Å². The molecule has 6 N–H and O–H groups in total. The van der Waals surface area contributed by atoms with Crippen LogP contribution in [0.2, 0.25) is 0 Å². The maximum Gasteiger partial charge on any atom is 0.326 e. The fourth-order valence-corrected chi connectivity index (χ4v) is 3.65. The van der Waals surface area contributed by atoms with Gasteiger partial charge in [-0.25, -0.2) is 4.79 Å². The number of thioether (sulfide) groups is 1. The molecule has 0 fully saturated rings. The summed E-state index contributed by atoms with van der Waals surface area (Å²) in [6, 6.07) is 5.23. The standard InChI is InChI=1S/C24H38N4O5S/c1-14(2)19(25)22(30)26-17(11-12-34-5)21(29)28-20(15(3)4)23(31)27-18(24(32)33)13-16-9-7-6-8-10-16/h6-10,14-15,17-20H,11-13,25H2,1-5H3,(H,26,30)(H,27,31)(H,28,29)(H,32,33). The number of nitrogens with one attached hydrogen (secondary N) is 3. The average Bonchev–Trinajstić information content (AvgIpc) is 2.78. The molecule has 0 saturated carbocycles. The zero-order valence-corrected chi connectivity index (χ0v) is 21.4. The van der Waals surface area contributed by atoms with Gasteiger partial charge in [0, 0.05) is 6.42 Å². The van der Waals surface area contributed by atoms with Crippen LogP contribution >= 0.6 is 11.8 Å². The molecule has 1 aromatic rings. The molecular weight excluding hydrogens is 456 g/mol. The molecule has 0 aliphatic rings. The van der Waals surface area contributed by atoms with Crippen LogP contribution in [-0.4, -0.2) is 65.0 Å². The summed E-state index contributed by atoms with van der Waals surface area (Å²) in [5.74, 6) is -2.51. The summed E-state index contributed by atoms with van der Waals surface area (Å²) in [5.41, 5.74) is 6.68. The zero-order chi connectivity index (χ0) is 25.8. The topological polar surface area (TPSA) is 151 Å². The lowest BCUT2D eigenvalue weighted by Crippen LogP contribution is -2.59. The second-order valence-electron chi connectivity index (χ2n) is 8.93. The van der Waals surface area contributed by atoms with Crippen LogP contribution in [0.25, 0.3) is 0 Å². The number of amides is 3. The quantitative estimate of drug-likeness (QED) is 0.260. The van der Waals surface area contributed by atoms with Crippen LogP contribution in [-0.2, 0) is 25.6 Å². The highest BCUT2D eigenvalue weighted by molar-refractivity contribution is 7.98. The van der Waals surface area contributed by atoms with Gasteiger partial charge < -0.3 is 26.8 Å². The first kappa shape index (κ1) is 29.4. The number of rotatable bonds is 14. The van der Waals surface area contributed by atoms with E-state index in [4.69, 9.17) is 5.73 Å². The normalized spacial score (nSPS) is 14.7. The fraction of sp³-hybridized carbons (Fsp3) is 0.583. The summed E-state index contributed by atoms with van der Waals surface area (Å²) < 4.78 is 0. The second-order valence-corrected chi connectivity index (χ2v) is 9.92. The van der Waals surface area contributed by atoms with E-state index in [0.29, 0.717) is 12.2 Å². The summed E-state index contributed by atoms with van der Waals surface area (Å²) in [5, 5.41) is 17.5. The molecule has 0 aromatic heterocycles. The van der Waals surface area contributed by atoms with Gasteiger partial charge in [0.25, 0.3) is 0 Å². The number of nitrogens with two attached hydrogens (primary N) is 1. The molecule has 0 radical (unpaired) electrons. The smallest absolute Gasteiger partial charge is 0.326 e. The molecule has 4 unspecified atom stereocenters. The molecule has 4 atom stereocenters. The van der Waals surface area contributed by atoms with E-state index in [0.717, 1.165) is 5.56 Å². The molecule has 1 aromatic carbocycles. The number of carboxylic acid groups (broad SMARTS) is 1. The maximum atomic E-state index is 13.0. The molecule has 3 amide bonds. The Kier molecular flexibility index (Phi) is 12.7. The summed E-state index contributed by atoms with van der Waals surface area (Å²) >= 11 is 1.53. The van der Waals surface area contributed by atoms with E-state index < -0.39 is 47.9 Å². The number of benzene rings is 1. The van der Waals surface area contributed by atoms with Crippen molar-refractivity contribution in [3.05, 3.63) is 35.9 Å². The van der Waals surface area contributed by atoms with Crippen LogP contribution in [0.4, 0.5) is 0 Å². The Labute approximate surface area is 206 Å². The predicted octanol–water partition coefficient (Wildman–Crippen LogP) is 1.16. The van der Waals surface area contributed by atoms with Gasteiger partial charge in [-0.1, -0.05) is 58.0 Å². The Morgan fingerprint density at radius 2 is 1.47 bits per heavy atom. The first-order valence-electron chi connectivity index (χ1n) is 11.4. The van der Waals surface area contributed by atoms with Gasteiger partial charge >= 0.3 is 5.97 Å². The molecule has 0 aliphatic carbocycles. The molecule has 0 bridgehead atoms. The van der Waals surface area contributed by atoms with E-state index in [1.165, 1.54) is 11.8 Å². The minimum atomic E-state index is -1.17. The summed E-state index contributed by atoms with van der Waals surface area (Å²) in [7, 11) is 0. The second kappa shape index (κ2) is 14.6. The highest BCUT2D eigenvalue weighted by atomic mass is 32.2. The summed E-state index contributed by atoms with van der Waals surface area (Å²) in [6.07, 6.45) is 2.36. The van der Waals surface area contributed by atoms with E-state index in [2.05, 4.69) is 16.0 Å². The van der Waals surface area contributed by atoms with E-state index >= 15 is 0 Å². The molecule has 10 heteroatoms. The molecule has 0 spiro atoms. The number of hydrogen-bond acceptors (Lipinski definition) is 6. The summed E-state index contributed by atoms with van der Waals surface area (Å²) in [4.78, 5) is 50.2. The van der Waals surface area contributed by atoms with Crippen molar-refractivity contribution in [2.24, 2.45) is 17.6 Å². The number of aliphatic carboxylic acids is 1. The van der Waals surface area contributed by atoms with Gasteiger partial charge in [-0.3, -0.25) is 14.4 Å². The lowest BCUT2D eigenvalue weighted by molar-refractivity contribution is -0.142. The number of carboxylic acids is 1. The van der Waals surface area contributed by atoms with E-state index in [-0.39, 0.29) is 18.3 Å². The Balaban J connectivity index is 2.94. The van der Waals surface area contributed by atoms with Gasteiger partial charge in [0.15, 0.2) is 0 Å². The third kappa shape index (κ3) is 9.72. The van der Waals surface area contributed by atoms with E-state index in [1.54, 1.807) is 38.1 Å². The van der Waals surface area contributed by atoms with E-state index in [1.807, 2.05) is 26.2 Å². The minimum Gasteiger partial charge on any atom is -0.480 e. The maximum absolute atomic E-state index is 13.0. The third-order valence-corrected chi connectivity index (χ3v) is 6.05. The molecular formula is C24H38N4O5S. The first-order chi connectivity index (χ1) is 16.0. The van der Waals surface area contributed by atoms with Crippen LogP contribution in [0.15, 0.2) is 30.3 Å². The monoisotopic (exact) mass is 494 g/mol. The van der Waals surface area contributed by atoms with Crippen molar-refractivity contribution >= 4 is 35.5 Å². The van der Waals surface area contributed by atoms with Crippen molar-refractivity contribution in [1.82, 2.24) is 16.0 Å². The van der Waals surface area contributed by atoms with Crippen LogP contribution in [0.5, 0.6) is 0 Å². The van der Waals surface area contributed by atoms with Gasteiger partial charge in [-0.15, -0.1) is 0 Å². The van der Waals surface area contributed by atoms with Crippen molar-refractivity contribution in [1.29, 1.82) is 0 Å². The number of carbonyl (C=O) groups is 4. The lowest BCUT2D eigenvalue weighted by atomic mass is 10.0. The number of carbonyl (C=O) groups excluding carboxylic acids is 3. The largest absolute Gasteiger partial charge is 0.480 e. The first-order valence-corrected chi connectivity index (χ1v) is 12.8. The predicted molar refractivity (Wildman–Crippen MR) is 134 cm³/mol. The minimum absolute atomic E-state index is 0.101. The Bertz CT molecular complexity index is 819. The Morgan fingerprint density at radius 3 is 1.97 bits per heavy atom. The van der Waals surface area contributed by atoms with Gasteiger partial charge in [0.05, 0.1) is 6.04 Å². The van der Waals surface area contributed by atoms with Crippen LogP contribution < -0.4 is 21.7 Å². The third-order valence-electron chi connectivity index (χ3n) is 5.41. The SMILES string of the molecule is CSCCC(NC(=O)C(N)C(C)C)C(=O)NC(C(=O)NC(Cc1ccccc1)C(=O)O)C(C)C. The lowest BCUT2D eigenvalue weighted by Gasteiger charge is -2.27.